The van der Waals surface area contributed by atoms with Crippen LogP contribution in [0.3, 0.4) is 0 Å². The molecule has 8 nitrogen and oxygen atoms in total. The fourth-order valence-corrected chi connectivity index (χ4v) is 4.93. The Labute approximate surface area is 195 Å². The molecule has 0 spiro atoms. The fourth-order valence-electron chi connectivity index (χ4n) is 4.03. The van der Waals surface area contributed by atoms with E-state index in [1.807, 2.05) is 6.92 Å². The van der Waals surface area contributed by atoms with Gasteiger partial charge in [-0.1, -0.05) is 26.3 Å². The number of piperidine rings is 1. The number of carbonyl (C=O) groups excluding carboxylic acids is 2. The number of amides is 2. The molecule has 1 aromatic rings. The number of nitrogens with zero attached hydrogens (tertiary/aromatic N) is 1. The van der Waals surface area contributed by atoms with E-state index >= 15 is 4.39 Å². The normalized spacial score (nSPS) is 23.8. The van der Waals surface area contributed by atoms with Gasteiger partial charge in [0, 0.05) is 17.7 Å². The Kier molecular flexibility index (Phi) is 8.04. The minimum Gasteiger partial charge on any atom is -0.492 e. The lowest BCUT2D eigenvalue weighted by Crippen LogP contribution is -2.57. The zero-order valence-corrected chi connectivity index (χ0v) is 21.0. The summed E-state index contributed by atoms with van der Waals surface area (Å²) in [6.07, 6.45) is 0.771. The van der Waals surface area contributed by atoms with E-state index in [1.54, 1.807) is 27.7 Å². The topological polar surface area (TPSA) is 116 Å². The highest BCUT2D eigenvalue weighted by atomic mass is 32.2. The average Bonchev–Trinajstić information content (AvgIpc) is 2.66. The summed E-state index contributed by atoms with van der Waals surface area (Å²) < 4.78 is 50.8. The molecule has 0 saturated carbocycles. The van der Waals surface area contributed by atoms with Crippen molar-refractivity contribution in [1.29, 1.82) is 0 Å². The van der Waals surface area contributed by atoms with Crippen LogP contribution in [0.25, 0.3) is 0 Å². The Hall–Kier alpha value is -2.36. The number of benzene rings is 1. The fraction of sp³-hybridized carbons (Fsp3) is 0.652. The molecule has 1 heterocycles. The largest absolute Gasteiger partial charge is 0.492 e. The van der Waals surface area contributed by atoms with E-state index in [2.05, 4.69) is 0 Å². The highest BCUT2D eigenvalue weighted by Gasteiger charge is 2.47. The van der Waals surface area contributed by atoms with Crippen molar-refractivity contribution in [2.45, 2.75) is 76.6 Å². The quantitative estimate of drug-likeness (QED) is 0.628. The molecule has 0 radical (unpaired) electrons. The predicted molar refractivity (Wildman–Crippen MR) is 123 cm³/mol. The Morgan fingerprint density at radius 3 is 2.45 bits per heavy atom. The minimum absolute atomic E-state index is 0.0135. The molecule has 0 aliphatic carbocycles. The number of rotatable bonds is 7. The number of alkyl halides is 1. The van der Waals surface area contributed by atoms with E-state index in [0.717, 1.165) is 12.7 Å². The first-order valence-electron chi connectivity index (χ1n) is 11.0. The van der Waals surface area contributed by atoms with Gasteiger partial charge in [-0.05, 0) is 45.7 Å². The molecule has 10 heteroatoms. The lowest BCUT2D eigenvalue weighted by atomic mass is 9.75. The lowest BCUT2D eigenvalue weighted by molar-refractivity contribution is -0.0540. The summed E-state index contributed by atoms with van der Waals surface area (Å²) in [7, 11) is -3.73. The molecule has 3 unspecified atom stereocenters. The SMILES string of the molecule is CCCC1CC(C)(COc2cccc(S(C)(=O)=O)c2C(N)=O)C(F)CN1C(=O)OC(C)(C)C. The molecule has 1 aromatic carbocycles. The smallest absolute Gasteiger partial charge is 0.410 e. The first-order valence-corrected chi connectivity index (χ1v) is 12.9. The zero-order valence-electron chi connectivity index (χ0n) is 20.2. The molecule has 186 valence electrons. The van der Waals surface area contributed by atoms with Crippen molar-refractivity contribution in [1.82, 2.24) is 4.90 Å². The van der Waals surface area contributed by atoms with Crippen molar-refractivity contribution in [2.24, 2.45) is 11.1 Å². The highest BCUT2D eigenvalue weighted by molar-refractivity contribution is 7.90. The van der Waals surface area contributed by atoms with Crippen molar-refractivity contribution in [3.8, 4) is 5.75 Å². The van der Waals surface area contributed by atoms with Crippen LogP contribution >= 0.6 is 0 Å². The molecule has 1 aliphatic heterocycles. The Balaban J connectivity index is 2.29. The number of halogens is 1. The molecule has 33 heavy (non-hydrogen) atoms. The van der Waals surface area contributed by atoms with Crippen molar-refractivity contribution in [3.05, 3.63) is 23.8 Å². The van der Waals surface area contributed by atoms with Crippen LogP contribution in [0.2, 0.25) is 0 Å². The zero-order chi connectivity index (χ0) is 25.2. The summed E-state index contributed by atoms with van der Waals surface area (Å²) in [4.78, 5) is 25.9. The highest BCUT2D eigenvalue weighted by Crippen LogP contribution is 2.40. The van der Waals surface area contributed by atoms with E-state index in [0.29, 0.717) is 12.8 Å². The van der Waals surface area contributed by atoms with Gasteiger partial charge in [-0.2, -0.15) is 0 Å². The van der Waals surface area contributed by atoms with Crippen LogP contribution in [0.15, 0.2) is 23.1 Å². The van der Waals surface area contributed by atoms with Crippen molar-refractivity contribution < 1.29 is 31.9 Å². The number of carbonyl (C=O) groups is 2. The Bertz CT molecular complexity index is 991. The molecule has 0 bridgehead atoms. The van der Waals surface area contributed by atoms with Gasteiger partial charge in [0.25, 0.3) is 5.91 Å². The molecule has 2 amide bonds. The molecule has 2 N–H and O–H groups in total. The third kappa shape index (κ3) is 6.59. The predicted octanol–water partition coefficient (Wildman–Crippen LogP) is 3.72. The molecule has 3 atom stereocenters. The second-order valence-electron chi connectivity index (χ2n) is 9.96. The van der Waals surface area contributed by atoms with Crippen LogP contribution in [0.5, 0.6) is 5.75 Å². The van der Waals surface area contributed by atoms with Crippen molar-refractivity contribution >= 4 is 21.8 Å². The molecule has 2 rings (SSSR count). The molecule has 1 aliphatic rings. The average molecular weight is 487 g/mol. The maximum absolute atomic E-state index is 15.4. The van der Waals surface area contributed by atoms with Crippen LogP contribution in [-0.2, 0) is 14.6 Å². The monoisotopic (exact) mass is 486 g/mol. The minimum atomic E-state index is -3.73. The molecular weight excluding hydrogens is 451 g/mol. The number of nitrogens with two attached hydrogens (primary N) is 1. The second-order valence-corrected chi connectivity index (χ2v) is 11.9. The van der Waals surface area contributed by atoms with Crippen LogP contribution in [0, 0.1) is 5.41 Å². The standard InChI is InChI=1S/C23H35FN2O6S/c1-7-9-15-12-23(5,18(24)13-26(15)21(28)32-22(2,3)4)14-31-16-10-8-11-17(33(6,29)30)19(16)20(25)27/h8,10-11,15,18H,7,9,12-14H2,1-6H3,(H2,25,27). The van der Waals surface area contributed by atoms with Gasteiger partial charge in [0.05, 0.1) is 23.6 Å². The number of hydrogen-bond donors (Lipinski definition) is 1. The first kappa shape index (κ1) is 26.9. The number of hydrogen-bond acceptors (Lipinski definition) is 6. The van der Waals surface area contributed by atoms with Crippen molar-refractivity contribution in [2.75, 3.05) is 19.4 Å². The van der Waals surface area contributed by atoms with E-state index in [-0.39, 0.29) is 35.4 Å². The first-order chi connectivity index (χ1) is 15.1. The summed E-state index contributed by atoms with van der Waals surface area (Å²) >= 11 is 0. The van der Waals surface area contributed by atoms with Crippen LogP contribution < -0.4 is 10.5 Å². The molecule has 1 fully saturated rings. The van der Waals surface area contributed by atoms with Gasteiger partial charge in [0.15, 0.2) is 9.84 Å². The maximum atomic E-state index is 15.4. The van der Waals surface area contributed by atoms with E-state index in [1.165, 1.54) is 23.1 Å². The summed E-state index contributed by atoms with van der Waals surface area (Å²) in [5.74, 6) is -0.961. The van der Waals surface area contributed by atoms with E-state index in [4.69, 9.17) is 15.2 Å². The summed E-state index contributed by atoms with van der Waals surface area (Å²) in [5.41, 5.74) is 3.50. The molecule has 1 saturated heterocycles. The van der Waals surface area contributed by atoms with Crippen LogP contribution in [0.4, 0.5) is 9.18 Å². The van der Waals surface area contributed by atoms with Crippen LogP contribution in [0.1, 0.15) is 64.2 Å². The summed E-state index contributed by atoms with van der Waals surface area (Å²) in [6, 6.07) is 3.91. The van der Waals surface area contributed by atoms with Gasteiger partial charge in [0.1, 0.15) is 17.5 Å². The Morgan fingerprint density at radius 2 is 1.94 bits per heavy atom. The van der Waals surface area contributed by atoms with Gasteiger partial charge >= 0.3 is 6.09 Å². The third-order valence-electron chi connectivity index (χ3n) is 5.70. The van der Waals surface area contributed by atoms with Gasteiger partial charge in [0.2, 0.25) is 0 Å². The summed E-state index contributed by atoms with van der Waals surface area (Å²) in [6.45, 7) is 8.71. The molecular formula is C23H35FN2O6S. The maximum Gasteiger partial charge on any atom is 0.410 e. The van der Waals surface area contributed by atoms with Gasteiger partial charge < -0.3 is 20.1 Å². The molecule has 0 aromatic heterocycles. The Morgan fingerprint density at radius 1 is 1.30 bits per heavy atom. The number of primary amides is 1. The third-order valence-corrected chi connectivity index (χ3v) is 6.84. The second kappa shape index (κ2) is 9.87. The summed E-state index contributed by atoms with van der Waals surface area (Å²) in [5, 5.41) is 0. The number of likely N-dealkylation sites (tertiary alicyclic amines) is 1. The number of sulfone groups is 1. The van der Waals surface area contributed by atoms with Gasteiger partial charge in [-0.25, -0.2) is 17.6 Å². The van der Waals surface area contributed by atoms with Gasteiger partial charge in [-0.3, -0.25) is 4.79 Å². The van der Waals surface area contributed by atoms with Gasteiger partial charge in [-0.15, -0.1) is 0 Å². The lowest BCUT2D eigenvalue weighted by Gasteiger charge is -2.46. The van der Waals surface area contributed by atoms with Crippen molar-refractivity contribution in [3.63, 3.8) is 0 Å². The van der Waals surface area contributed by atoms with E-state index < -0.39 is 39.0 Å². The van der Waals surface area contributed by atoms with E-state index in [9.17, 15) is 18.0 Å². The van der Waals surface area contributed by atoms with Crippen LogP contribution in [-0.4, -0.2) is 62.5 Å². The number of ether oxygens (including phenoxy) is 2.